The Morgan fingerprint density at radius 2 is 1.85 bits per heavy atom. The Morgan fingerprint density at radius 1 is 1.15 bits per heavy atom. The van der Waals surface area contributed by atoms with Gasteiger partial charge in [-0.25, -0.2) is 0 Å². The van der Waals surface area contributed by atoms with Crippen LogP contribution < -0.4 is 4.74 Å². The summed E-state index contributed by atoms with van der Waals surface area (Å²) in [6.07, 6.45) is 0.131. The molecule has 2 rings (SSSR count). The van der Waals surface area contributed by atoms with E-state index in [2.05, 4.69) is 0 Å². The molecule has 0 N–H and O–H groups in total. The summed E-state index contributed by atoms with van der Waals surface area (Å²) in [4.78, 5) is 0. The second kappa shape index (κ2) is 6.44. The summed E-state index contributed by atoms with van der Waals surface area (Å²) in [5.41, 5.74) is 0.723. The molecular formula is C14H19O5P. The fourth-order valence-electron chi connectivity index (χ4n) is 1.99. The Bertz CT molecular complexity index is 609. The molecule has 0 unspecified atom stereocenters. The summed E-state index contributed by atoms with van der Waals surface area (Å²) in [7, 11) is -1.53. The summed E-state index contributed by atoms with van der Waals surface area (Å²) < 4.78 is 33.8. The van der Waals surface area contributed by atoms with Crippen molar-refractivity contribution in [1.29, 1.82) is 0 Å². The Balaban J connectivity index is 2.26. The molecule has 2 aromatic rings. The fraction of sp³-hybridized carbons (Fsp3) is 0.429. The van der Waals surface area contributed by atoms with Crippen LogP contribution in [0, 0.1) is 0 Å². The number of hydrogen-bond acceptors (Lipinski definition) is 5. The molecule has 0 atom stereocenters. The van der Waals surface area contributed by atoms with Crippen molar-refractivity contribution in [2.24, 2.45) is 0 Å². The van der Waals surface area contributed by atoms with Crippen molar-refractivity contribution >= 4 is 18.6 Å². The van der Waals surface area contributed by atoms with Crippen LogP contribution in [-0.4, -0.2) is 20.3 Å². The van der Waals surface area contributed by atoms with Crippen molar-refractivity contribution in [3.05, 3.63) is 30.0 Å². The zero-order valence-electron chi connectivity index (χ0n) is 11.9. The Labute approximate surface area is 118 Å². The minimum Gasteiger partial charge on any atom is -0.497 e. The van der Waals surface area contributed by atoms with Gasteiger partial charge in [0.15, 0.2) is 0 Å². The predicted octanol–water partition coefficient (Wildman–Crippen LogP) is 4.21. The number of hydrogen-bond donors (Lipinski definition) is 0. The van der Waals surface area contributed by atoms with Crippen molar-refractivity contribution in [1.82, 2.24) is 0 Å². The molecule has 0 fully saturated rings. The third kappa shape index (κ3) is 3.42. The van der Waals surface area contributed by atoms with Crippen LogP contribution in [0.5, 0.6) is 5.75 Å². The quantitative estimate of drug-likeness (QED) is 0.717. The third-order valence-corrected chi connectivity index (χ3v) is 4.78. The summed E-state index contributed by atoms with van der Waals surface area (Å²) in [6.45, 7) is 4.25. The van der Waals surface area contributed by atoms with E-state index in [-0.39, 0.29) is 6.16 Å². The lowest BCUT2D eigenvalue weighted by Crippen LogP contribution is -1.98. The first-order valence-corrected chi connectivity index (χ1v) is 8.27. The average molecular weight is 298 g/mol. The molecule has 0 aliphatic carbocycles. The lowest BCUT2D eigenvalue weighted by atomic mass is 10.2. The molecule has 0 saturated carbocycles. The molecule has 0 aliphatic heterocycles. The highest BCUT2D eigenvalue weighted by molar-refractivity contribution is 7.53. The summed E-state index contributed by atoms with van der Waals surface area (Å²) in [5, 5.41) is 0.902. The molecule has 6 heteroatoms. The number of benzene rings is 1. The summed E-state index contributed by atoms with van der Waals surface area (Å²) in [6, 6.07) is 7.35. The molecule has 0 radical (unpaired) electrons. The van der Waals surface area contributed by atoms with Crippen LogP contribution in [-0.2, 0) is 19.8 Å². The van der Waals surface area contributed by atoms with E-state index in [1.165, 1.54) is 0 Å². The maximum Gasteiger partial charge on any atom is 0.338 e. The van der Waals surface area contributed by atoms with Gasteiger partial charge in [-0.3, -0.25) is 4.57 Å². The highest BCUT2D eigenvalue weighted by Crippen LogP contribution is 2.51. The molecule has 20 heavy (non-hydrogen) atoms. The number of methoxy groups -OCH3 is 1. The molecule has 0 aliphatic rings. The summed E-state index contributed by atoms with van der Waals surface area (Å²) in [5.74, 6) is 1.33. The van der Waals surface area contributed by atoms with Crippen molar-refractivity contribution < 1.29 is 22.8 Å². The molecular weight excluding hydrogens is 279 g/mol. The number of rotatable bonds is 7. The van der Waals surface area contributed by atoms with Gasteiger partial charge in [0.05, 0.1) is 20.3 Å². The monoisotopic (exact) mass is 298 g/mol. The number of fused-ring (bicyclic) bond motifs is 1. The van der Waals surface area contributed by atoms with E-state index in [1.54, 1.807) is 21.0 Å². The molecule has 1 aromatic heterocycles. The smallest absolute Gasteiger partial charge is 0.338 e. The lowest BCUT2D eigenvalue weighted by Gasteiger charge is -2.15. The van der Waals surface area contributed by atoms with Gasteiger partial charge in [0.1, 0.15) is 23.3 Å². The minimum absolute atomic E-state index is 0.131. The molecule has 1 heterocycles. The van der Waals surface area contributed by atoms with E-state index < -0.39 is 7.60 Å². The molecule has 5 nitrogen and oxygen atoms in total. The van der Waals surface area contributed by atoms with Crippen molar-refractivity contribution in [3.8, 4) is 5.75 Å². The van der Waals surface area contributed by atoms with E-state index in [0.29, 0.717) is 19.0 Å². The van der Waals surface area contributed by atoms with E-state index >= 15 is 0 Å². The fourth-order valence-corrected chi connectivity index (χ4v) is 3.58. The van der Waals surface area contributed by atoms with Crippen LogP contribution in [0.1, 0.15) is 19.6 Å². The van der Waals surface area contributed by atoms with Gasteiger partial charge in [-0.05, 0) is 38.1 Å². The zero-order chi connectivity index (χ0) is 14.6. The second-order valence-corrected chi connectivity index (χ2v) is 6.28. The van der Waals surface area contributed by atoms with Crippen LogP contribution >= 0.6 is 7.60 Å². The first-order chi connectivity index (χ1) is 9.60. The largest absolute Gasteiger partial charge is 0.497 e. The van der Waals surface area contributed by atoms with Gasteiger partial charge in [-0.2, -0.15) is 0 Å². The van der Waals surface area contributed by atoms with Gasteiger partial charge in [-0.1, -0.05) is 0 Å². The van der Waals surface area contributed by atoms with Crippen LogP contribution in [0.2, 0.25) is 0 Å². The first kappa shape index (κ1) is 15.1. The average Bonchev–Trinajstić information content (AvgIpc) is 2.79. The van der Waals surface area contributed by atoms with Crippen molar-refractivity contribution in [2.45, 2.75) is 20.0 Å². The first-order valence-electron chi connectivity index (χ1n) is 6.55. The third-order valence-electron chi connectivity index (χ3n) is 2.78. The summed E-state index contributed by atoms with van der Waals surface area (Å²) >= 11 is 0. The Kier molecular flexibility index (Phi) is 4.86. The highest BCUT2D eigenvalue weighted by Gasteiger charge is 2.26. The van der Waals surface area contributed by atoms with Gasteiger partial charge in [0, 0.05) is 5.39 Å². The topological polar surface area (TPSA) is 57.9 Å². The van der Waals surface area contributed by atoms with E-state index in [9.17, 15) is 4.57 Å². The van der Waals surface area contributed by atoms with Crippen LogP contribution in [0.25, 0.3) is 11.0 Å². The zero-order valence-corrected chi connectivity index (χ0v) is 12.8. The van der Waals surface area contributed by atoms with E-state index in [4.69, 9.17) is 18.2 Å². The SMILES string of the molecule is CCOP(=O)(Cc1cc2cc(OC)ccc2o1)OCC. The second-order valence-electron chi connectivity index (χ2n) is 4.22. The standard InChI is InChI=1S/C14H19O5P/c1-4-17-20(15,18-5-2)10-13-9-11-8-12(16-3)6-7-14(11)19-13/h6-9H,4-5,10H2,1-3H3. The Hall–Kier alpha value is -1.29. The van der Waals surface area contributed by atoms with E-state index in [1.807, 2.05) is 24.3 Å². The number of furan rings is 1. The van der Waals surface area contributed by atoms with Crippen LogP contribution in [0.3, 0.4) is 0 Å². The molecule has 110 valence electrons. The lowest BCUT2D eigenvalue weighted by molar-refractivity contribution is 0.217. The molecule has 1 aromatic carbocycles. The van der Waals surface area contributed by atoms with Gasteiger partial charge in [0.2, 0.25) is 0 Å². The predicted molar refractivity (Wildman–Crippen MR) is 77.3 cm³/mol. The van der Waals surface area contributed by atoms with Crippen LogP contribution in [0.4, 0.5) is 0 Å². The van der Waals surface area contributed by atoms with Crippen LogP contribution in [0.15, 0.2) is 28.7 Å². The minimum atomic E-state index is -3.14. The Morgan fingerprint density at radius 3 is 2.45 bits per heavy atom. The van der Waals surface area contributed by atoms with Gasteiger partial charge < -0.3 is 18.2 Å². The molecule has 0 spiro atoms. The maximum absolute atomic E-state index is 12.5. The molecule has 0 saturated heterocycles. The number of ether oxygens (including phenoxy) is 1. The van der Waals surface area contributed by atoms with Crippen molar-refractivity contribution in [3.63, 3.8) is 0 Å². The molecule has 0 amide bonds. The van der Waals surface area contributed by atoms with Gasteiger partial charge in [-0.15, -0.1) is 0 Å². The van der Waals surface area contributed by atoms with Crippen molar-refractivity contribution in [2.75, 3.05) is 20.3 Å². The molecule has 0 bridgehead atoms. The van der Waals surface area contributed by atoms with Gasteiger partial charge >= 0.3 is 7.60 Å². The maximum atomic E-state index is 12.5. The highest BCUT2D eigenvalue weighted by atomic mass is 31.2. The normalized spacial score (nSPS) is 11.9. The van der Waals surface area contributed by atoms with Gasteiger partial charge in [0.25, 0.3) is 0 Å². The van der Waals surface area contributed by atoms with E-state index in [0.717, 1.165) is 16.7 Å².